The van der Waals surface area contributed by atoms with E-state index >= 15 is 0 Å². The molecule has 4 heteroatoms. The highest BCUT2D eigenvalue weighted by Crippen LogP contribution is 2.22. The van der Waals surface area contributed by atoms with Gasteiger partial charge in [0.2, 0.25) is 0 Å². The summed E-state index contributed by atoms with van der Waals surface area (Å²) in [6, 6.07) is 7.85. The summed E-state index contributed by atoms with van der Waals surface area (Å²) in [5.74, 6) is 0.462. The van der Waals surface area contributed by atoms with Crippen molar-refractivity contribution in [1.29, 1.82) is 0 Å². The lowest BCUT2D eigenvalue weighted by Gasteiger charge is -2.26. The average molecular weight is 259 g/mol. The zero-order valence-electron chi connectivity index (χ0n) is 11.7. The molecule has 0 radical (unpaired) electrons. The van der Waals surface area contributed by atoms with Crippen LogP contribution in [-0.2, 0) is 0 Å². The van der Waals surface area contributed by atoms with Crippen molar-refractivity contribution >= 4 is 16.6 Å². The molecule has 0 aliphatic carbocycles. The fourth-order valence-electron chi connectivity index (χ4n) is 2.39. The summed E-state index contributed by atoms with van der Waals surface area (Å²) in [5.41, 5.74) is 1.05. The third-order valence-corrected chi connectivity index (χ3v) is 3.05. The molecule has 1 unspecified atom stereocenters. The summed E-state index contributed by atoms with van der Waals surface area (Å²) in [4.78, 5) is 0. The lowest BCUT2D eigenvalue weighted by Crippen LogP contribution is -2.34. The molecule has 102 valence electrons. The van der Waals surface area contributed by atoms with E-state index in [9.17, 15) is 5.11 Å². The van der Waals surface area contributed by atoms with Gasteiger partial charge in [0, 0.05) is 11.9 Å². The van der Waals surface area contributed by atoms with E-state index < -0.39 is 5.60 Å². The van der Waals surface area contributed by atoms with Gasteiger partial charge in [-0.1, -0.05) is 32.0 Å². The molecule has 1 atom stereocenters. The Morgan fingerprint density at radius 2 is 2.05 bits per heavy atom. The Bertz CT molecular complexity index is 547. The molecule has 1 aromatic heterocycles. The Morgan fingerprint density at radius 3 is 2.79 bits per heavy atom. The first kappa shape index (κ1) is 13.7. The van der Waals surface area contributed by atoms with Gasteiger partial charge in [0.05, 0.1) is 23.0 Å². The maximum atomic E-state index is 10.3. The van der Waals surface area contributed by atoms with Gasteiger partial charge in [-0.05, 0) is 25.3 Å². The minimum absolute atomic E-state index is 0.462. The van der Waals surface area contributed by atoms with Gasteiger partial charge < -0.3 is 10.4 Å². The zero-order chi connectivity index (χ0) is 13.9. The van der Waals surface area contributed by atoms with E-state index in [1.165, 1.54) is 0 Å². The summed E-state index contributed by atoms with van der Waals surface area (Å²) in [7, 11) is 0. The largest absolute Gasteiger partial charge is 0.388 e. The van der Waals surface area contributed by atoms with Crippen LogP contribution in [0.2, 0.25) is 0 Å². The number of fused-ring (bicyclic) bond motifs is 1. The molecule has 2 rings (SSSR count). The molecule has 0 aliphatic heterocycles. The number of anilines is 1. The van der Waals surface area contributed by atoms with Crippen LogP contribution in [0.15, 0.2) is 30.5 Å². The predicted molar refractivity (Wildman–Crippen MR) is 78.1 cm³/mol. The molecule has 0 fully saturated rings. The number of rotatable bonds is 5. The number of aliphatic hydroxyl groups is 1. The van der Waals surface area contributed by atoms with E-state index in [0.717, 1.165) is 23.0 Å². The van der Waals surface area contributed by atoms with E-state index in [2.05, 4.69) is 29.4 Å². The normalized spacial score (nSPS) is 14.6. The quantitative estimate of drug-likeness (QED) is 0.867. The van der Waals surface area contributed by atoms with Crippen molar-refractivity contribution in [2.24, 2.45) is 5.92 Å². The van der Waals surface area contributed by atoms with Crippen molar-refractivity contribution in [3.63, 3.8) is 0 Å². The van der Waals surface area contributed by atoms with Crippen molar-refractivity contribution in [2.75, 3.05) is 11.9 Å². The third-order valence-electron chi connectivity index (χ3n) is 3.05. The first-order valence-electron chi connectivity index (χ1n) is 6.65. The van der Waals surface area contributed by atoms with Crippen LogP contribution >= 0.6 is 0 Å². The van der Waals surface area contributed by atoms with Crippen molar-refractivity contribution in [3.8, 4) is 0 Å². The van der Waals surface area contributed by atoms with Gasteiger partial charge >= 0.3 is 0 Å². The van der Waals surface area contributed by atoms with Crippen LogP contribution in [0.4, 0.5) is 5.69 Å². The molecule has 0 bridgehead atoms. The van der Waals surface area contributed by atoms with Crippen LogP contribution in [0, 0.1) is 5.92 Å². The average Bonchev–Trinajstić information content (AvgIpc) is 2.35. The van der Waals surface area contributed by atoms with Crippen LogP contribution in [-0.4, -0.2) is 27.4 Å². The minimum Gasteiger partial charge on any atom is -0.388 e. The van der Waals surface area contributed by atoms with Gasteiger partial charge in [0.25, 0.3) is 0 Å². The molecule has 0 saturated heterocycles. The summed E-state index contributed by atoms with van der Waals surface area (Å²) < 4.78 is 0. The van der Waals surface area contributed by atoms with Gasteiger partial charge in [-0.25, -0.2) is 0 Å². The van der Waals surface area contributed by atoms with Crippen LogP contribution in [0.25, 0.3) is 10.9 Å². The number of nitrogens with zero attached hydrogens (tertiary/aromatic N) is 2. The van der Waals surface area contributed by atoms with Crippen molar-refractivity contribution < 1.29 is 5.11 Å². The molecule has 0 aliphatic rings. The number of nitrogens with one attached hydrogen (secondary N) is 1. The van der Waals surface area contributed by atoms with Crippen molar-refractivity contribution in [1.82, 2.24) is 10.2 Å². The maximum Gasteiger partial charge on any atom is 0.0950 e. The van der Waals surface area contributed by atoms with E-state index in [-0.39, 0.29) is 0 Å². The van der Waals surface area contributed by atoms with Crippen molar-refractivity contribution in [2.45, 2.75) is 32.8 Å². The highest BCUT2D eigenvalue weighted by Gasteiger charge is 2.21. The second-order valence-electron chi connectivity index (χ2n) is 5.72. The van der Waals surface area contributed by atoms with E-state index in [0.29, 0.717) is 12.5 Å². The number of aromatic nitrogens is 2. The molecule has 2 aromatic rings. The van der Waals surface area contributed by atoms with Crippen LogP contribution in [0.5, 0.6) is 0 Å². The monoisotopic (exact) mass is 259 g/mol. The van der Waals surface area contributed by atoms with E-state index in [1.54, 1.807) is 6.20 Å². The van der Waals surface area contributed by atoms with Crippen LogP contribution in [0.1, 0.15) is 27.2 Å². The Balaban J connectivity index is 2.14. The molecular formula is C15H21N3O. The molecule has 4 nitrogen and oxygen atoms in total. The molecule has 0 spiro atoms. The standard InChI is InChI=1S/C15H21N3O/c1-11(2)8-15(3,19)10-16-14-9-17-18-13-7-5-4-6-12(13)14/h4-7,9,11,19H,8,10H2,1-3H3,(H,16,18). The van der Waals surface area contributed by atoms with Gasteiger partial charge in [-0.15, -0.1) is 0 Å². The smallest absolute Gasteiger partial charge is 0.0950 e. The predicted octanol–water partition coefficient (Wildman–Crippen LogP) is 2.84. The van der Waals surface area contributed by atoms with Crippen LogP contribution < -0.4 is 5.32 Å². The summed E-state index contributed by atoms with van der Waals surface area (Å²) in [6.07, 6.45) is 2.46. The maximum absolute atomic E-state index is 10.3. The Hall–Kier alpha value is -1.68. The molecule has 19 heavy (non-hydrogen) atoms. The lowest BCUT2D eigenvalue weighted by molar-refractivity contribution is 0.0516. The summed E-state index contributed by atoms with van der Waals surface area (Å²) in [5, 5.41) is 22.7. The molecule has 0 saturated carbocycles. The Kier molecular flexibility index (Phi) is 4.00. The number of hydrogen-bond donors (Lipinski definition) is 2. The lowest BCUT2D eigenvalue weighted by atomic mass is 9.94. The first-order valence-corrected chi connectivity index (χ1v) is 6.65. The Morgan fingerprint density at radius 1 is 1.32 bits per heavy atom. The van der Waals surface area contributed by atoms with Gasteiger partial charge in [0.1, 0.15) is 0 Å². The SMILES string of the molecule is CC(C)CC(C)(O)CNc1cnnc2ccccc12. The first-order chi connectivity index (χ1) is 8.98. The second-order valence-corrected chi connectivity index (χ2v) is 5.72. The van der Waals surface area contributed by atoms with Crippen LogP contribution in [0.3, 0.4) is 0 Å². The van der Waals surface area contributed by atoms with Crippen molar-refractivity contribution in [3.05, 3.63) is 30.5 Å². The fraction of sp³-hybridized carbons (Fsp3) is 0.467. The molecule has 0 amide bonds. The minimum atomic E-state index is -0.724. The molecule has 1 aromatic carbocycles. The highest BCUT2D eigenvalue weighted by atomic mass is 16.3. The summed E-state index contributed by atoms with van der Waals surface area (Å²) >= 11 is 0. The Labute approximate surface area is 113 Å². The van der Waals surface area contributed by atoms with Gasteiger partial charge in [-0.2, -0.15) is 10.2 Å². The summed E-state index contributed by atoms with van der Waals surface area (Å²) in [6.45, 7) is 6.58. The number of hydrogen-bond acceptors (Lipinski definition) is 4. The zero-order valence-corrected chi connectivity index (χ0v) is 11.7. The van der Waals surface area contributed by atoms with Gasteiger partial charge in [-0.3, -0.25) is 0 Å². The van der Waals surface area contributed by atoms with E-state index in [4.69, 9.17) is 0 Å². The molecular weight excluding hydrogens is 238 g/mol. The van der Waals surface area contributed by atoms with Gasteiger partial charge in [0.15, 0.2) is 0 Å². The topological polar surface area (TPSA) is 58.0 Å². The second kappa shape index (κ2) is 5.53. The third kappa shape index (κ3) is 3.64. The van der Waals surface area contributed by atoms with E-state index in [1.807, 2.05) is 31.2 Å². The molecule has 1 heterocycles. The molecule has 2 N–H and O–H groups in total. The fourth-order valence-corrected chi connectivity index (χ4v) is 2.39. The highest BCUT2D eigenvalue weighted by molar-refractivity contribution is 5.90. The number of benzene rings is 1.